The van der Waals surface area contributed by atoms with Gasteiger partial charge in [0.05, 0.1) is 6.61 Å². The van der Waals surface area contributed by atoms with Crippen molar-refractivity contribution in [2.75, 3.05) is 19.8 Å². The van der Waals surface area contributed by atoms with E-state index in [4.69, 9.17) is 9.47 Å². The second kappa shape index (κ2) is 9.89. The Hall–Kier alpha value is -1.02. The highest BCUT2D eigenvalue weighted by Gasteiger charge is 2.19. The third-order valence-electron chi connectivity index (χ3n) is 5.01. The average molecular weight is 304 g/mol. The van der Waals surface area contributed by atoms with E-state index in [0.717, 1.165) is 24.2 Å². The summed E-state index contributed by atoms with van der Waals surface area (Å²) in [6.45, 7) is 6.39. The maximum absolute atomic E-state index is 5.66. The fourth-order valence-corrected chi connectivity index (χ4v) is 3.41. The highest BCUT2D eigenvalue weighted by Crippen LogP contribution is 2.33. The standard InChI is InChI=1S/C20H32O2/c1-3-17-5-7-18(8-6-17)9-10-19-11-13-20(14-12-19)22-16-15-21-4-2/h11-14,17-18H,3-10,15-16H2,1-2H3. The van der Waals surface area contributed by atoms with Crippen molar-refractivity contribution in [3.63, 3.8) is 0 Å². The first-order valence-electron chi connectivity index (χ1n) is 9.11. The Bertz CT molecular complexity index is 391. The Balaban J connectivity index is 1.66. The smallest absolute Gasteiger partial charge is 0.119 e. The lowest BCUT2D eigenvalue weighted by atomic mass is 9.78. The molecule has 1 aliphatic rings. The Kier molecular flexibility index (Phi) is 7.79. The molecule has 0 heterocycles. The van der Waals surface area contributed by atoms with Crippen molar-refractivity contribution in [3.05, 3.63) is 29.8 Å². The van der Waals surface area contributed by atoms with E-state index in [2.05, 4.69) is 31.2 Å². The molecule has 1 aliphatic carbocycles. The fourth-order valence-electron chi connectivity index (χ4n) is 3.41. The van der Waals surface area contributed by atoms with Gasteiger partial charge in [-0.15, -0.1) is 0 Å². The summed E-state index contributed by atoms with van der Waals surface area (Å²) in [5.74, 6) is 2.90. The first-order valence-corrected chi connectivity index (χ1v) is 9.11. The second-order valence-corrected chi connectivity index (χ2v) is 6.52. The molecule has 1 fully saturated rings. The molecule has 0 atom stereocenters. The molecule has 124 valence electrons. The molecule has 0 bridgehead atoms. The van der Waals surface area contributed by atoms with Crippen molar-refractivity contribution in [2.45, 2.75) is 58.8 Å². The maximum atomic E-state index is 5.66. The lowest BCUT2D eigenvalue weighted by molar-refractivity contribution is 0.110. The van der Waals surface area contributed by atoms with Crippen LogP contribution in [0.4, 0.5) is 0 Å². The van der Waals surface area contributed by atoms with E-state index < -0.39 is 0 Å². The van der Waals surface area contributed by atoms with Crippen LogP contribution >= 0.6 is 0 Å². The van der Waals surface area contributed by atoms with Crippen molar-refractivity contribution in [1.29, 1.82) is 0 Å². The minimum absolute atomic E-state index is 0.633. The van der Waals surface area contributed by atoms with Crippen LogP contribution in [-0.2, 0) is 11.2 Å². The zero-order chi connectivity index (χ0) is 15.6. The number of ether oxygens (including phenoxy) is 2. The number of rotatable bonds is 9. The Morgan fingerprint density at radius 2 is 1.59 bits per heavy atom. The minimum atomic E-state index is 0.633. The topological polar surface area (TPSA) is 18.5 Å². The summed E-state index contributed by atoms with van der Waals surface area (Å²) >= 11 is 0. The molecule has 22 heavy (non-hydrogen) atoms. The van der Waals surface area contributed by atoms with Gasteiger partial charge in [0, 0.05) is 6.61 Å². The van der Waals surface area contributed by atoms with Gasteiger partial charge < -0.3 is 9.47 Å². The summed E-state index contributed by atoms with van der Waals surface area (Å²) in [5, 5.41) is 0. The molecule has 2 rings (SSSR count). The van der Waals surface area contributed by atoms with Gasteiger partial charge in [0.25, 0.3) is 0 Å². The van der Waals surface area contributed by atoms with Gasteiger partial charge >= 0.3 is 0 Å². The number of benzene rings is 1. The van der Waals surface area contributed by atoms with Crippen molar-refractivity contribution < 1.29 is 9.47 Å². The molecule has 0 spiro atoms. The first kappa shape index (κ1) is 17.3. The molecular formula is C20H32O2. The molecule has 0 radical (unpaired) electrons. The van der Waals surface area contributed by atoms with Crippen LogP contribution in [0.25, 0.3) is 0 Å². The summed E-state index contributed by atoms with van der Waals surface area (Å²) in [5.41, 5.74) is 1.44. The highest BCUT2D eigenvalue weighted by atomic mass is 16.5. The molecule has 2 heteroatoms. The van der Waals surface area contributed by atoms with E-state index >= 15 is 0 Å². The maximum Gasteiger partial charge on any atom is 0.119 e. The van der Waals surface area contributed by atoms with Crippen molar-refractivity contribution in [2.24, 2.45) is 11.8 Å². The zero-order valence-corrected chi connectivity index (χ0v) is 14.4. The van der Waals surface area contributed by atoms with E-state index in [9.17, 15) is 0 Å². The van der Waals surface area contributed by atoms with Crippen LogP contribution < -0.4 is 4.74 Å². The molecule has 1 aromatic rings. The monoisotopic (exact) mass is 304 g/mol. The predicted octanol–water partition coefficient (Wildman–Crippen LogP) is 5.25. The van der Waals surface area contributed by atoms with Crippen LogP contribution in [0.3, 0.4) is 0 Å². The quantitative estimate of drug-likeness (QED) is 0.580. The third kappa shape index (κ3) is 6.00. The molecule has 0 aliphatic heterocycles. The second-order valence-electron chi connectivity index (χ2n) is 6.52. The Labute approximate surface area is 136 Å². The van der Waals surface area contributed by atoms with Crippen molar-refractivity contribution in [1.82, 2.24) is 0 Å². The lowest BCUT2D eigenvalue weighted by Gasteiger charge is -2.27. The van der Waals surface area contributed by atoms with Gasteiger partial charge in [-0.05, 0) is 49.3 Å². The molecule has 0 N–H and O–H groups in total. The Morgan fingerprint density at radius 3 is 2.23 bits per heavy atom. The normalized spacial score (nSPS) is 21.7. The van der Waals surface area contributed by atoms with Crippen LogP contribution in [0.1, 0.15) is 57.9 Å². The van der Waals surface area contributed by atoms with Crippen LogP contribution in [0.15, 0.2) is 24.3 Å². The number of hydrogen-bond acceptors (Lipinski definition) is 2. The van der Waals surface area contributed by atoms with Gasteiger partial charge in [-0.3, -0.25) is 0 Å². The van der Waals surface area contributed by atoms with Gasteiger partial charge in [0.1, 0.15) is 12.4 Å². The molecule has 1 aromatic carbocycles. The van der Waals surface area contributed by atoms with Crippen molar-refractivity contribution >= 4 is 0 Å². The molecule has 0 amide bonds. The molecule has 0 unspecified atom stereocenters. The van der Waals surface area contributed by atoms with Gasteiger partial charge in [-0.1, -0.05) is 51.2 Å². The highest BCUT2D eigenvalue weighted by molar-refractivity contribution is 5.27. The Morgan fingerprint density at radius 1 is 0.909 bits per heavy atom. The van der Waals surface area contributed by atoms with Crippen LogP contribution in [-0.4, -0.2) is 19.8 Å². The first-order chi connectivity index (χ1) is 10.8. The summed E-state index contributed by atoms with van der Waals surface area (Å²) in [7, 11) is 0. The SMILES string of the molecule is CCOCCOc1ccc(CCC2CCC(CC)CC2)cc1. The van der Waals surface area contributed by atoms with Gasteiger partial charge in [0.15, 0.2) is 0 Å². The molecule has 0 aromatic heterocycles. The van der Waals surface area contributed by atoms with Crippen molar-refractivity contribution in [3.8, 4) is 5.75 Å². The molecule has 0 saturated heterocycles. The lowest BCUT2D eigenvalue weighted by Crippen LogP contribution is -2.14. The average Bonchev–Trinajstić information content (AvgIpc) is 2.58. The van der Waals surface area contributed by atoms with Crippen LogP contribution in [0, 0.1) is 11.8 Å². The predicted molar refractivity (Wildman–Crippen MR) is 92.5 cm³/mol. The summed E-state index contributed by atoms with van der Waals surface area (Å²) in [6, 6.07) is 8.62. The largest absolute Gasteiger partial charge is 0.491 e. The van der Waals surface area contributed by atoms with Gasteiger partial charge in [0.2, 0.25) is 0 Å². The minimum Gasteiger partial charge on any atom is -0.491 e. The van der Waals surface area contributed by atoms with E-state index in [1.807, 2.05) is 6.92 Å². The third-order valence-corrected chi connectivity index (χ3v) is 5.01. The summed E-state index contributed by atoms with van der Waals surface area (Å²) in [4.78, 5) is 0. The fraction of sp³-hybridized carbons (Fsp3) is 0.700. The number of hydrogen-bond donors (Lipinski definition) is 0. The molecular weight excluding hydrogens is 272 g/mol. The van der Waals surface area contributed by atoms with Crippen LogP contribution in [0.2, 0.25) is 0 Å². The zero-order valence-electron chi connectivity index (χ0n) is 14.4. The van der Waals surface area contributed by atoms with E-state index in [1.54, 1.807) is 0 Å². The molecule has 2 nitrogen and oxygen atoms in total. The van der Waals surface area contributed by atoms with Gasteiger partial charge in [-0.25, -0.2) is 0 Å². The molecule has 1 saturated carbocycles. The van der Waals surface area contributed by atoms with E-state index in [1.165, 1.54) is 50.5 Å². The van der Waals surface area contributed by atoms with Gasteiger partial charge in [-0.2, -0.15) is 0 Å². The van der Waals surface area contributed by atoms with E-state index in [0.29, 0.717) is 13.2 Å². The number of aryl methyl sites for hydroxylation is 1. The summed E-state index contributed by atoms with van der Waals surface area (Å²) in [6.07, 6.45) is 9.72. The summed E-state index contributed by atoms with van der Waals surface area (Å²) < 4.78 is 10.9. The van der Waals surface area contributed by atoms with Crippen LogP contribution in [0.5, 0.6) is 5.75 Å². The van der Waals surface area contributed by atoms with E-state index in [-0.39, 0.29) is 0 Å².